The normalized spacial score (nSPS) is 28.1. The standard InChI is InChI=1S/C37H44O5/c1-37(2)31-18-30(19-32(37)20-31)25-40-35-21-33(39-23-28-14-8-4-9-15-28)36(41-24-29-16-10-5-11-17-29)34(42-35)26-38-22-27-12-6-3-7-13-27/h3-18,31-36H,19-26H2,1-2H3/t31-,32+,33-,34-,35-,36-/m1/s1. The van der Waals surface area contributed by atoms with Gasteiger partial charge in [0.05, 0.1) is 39.1 Å². The number of rotatable bonds is 13. The SMILES string of the molecule is CC1(C)[C@H]2CC(CO[C@H]3C[C@@H](OCc4ccccc4)[C@@H](OCc4ccccc4)[C@@H](COCc4ccccc4)O3)=C[C@@H]1C2. The predicted octanol–water partition coefficient (Wildman–Crippen LogP) is 7.50. The summed E-state index contributed by atoms with van der Waals surface area (Å²) in [4.78, 5) is 0. The van der Waals surface area contributed by atoms with E-state index >= 15 is 0 Å². The van der Waals surface area contributed by atoms with Gasteiger partial charge in [0.2, 0.25) is 0 Å². The van der Waals surface area contributed by atoms with Crippen LogP contribution in [0.15, 0.2) is 103 Å². The fraction of sp³-hybridized carbons (Fsp3) is 0.459. The first-order valence-electron chi connectivity index (χ1n) is 15.4. The van der Waals surface area contributed by atoms with Gasteiger partial charge in [-0.15, -0.1) is 0 Å². The number of allylic oxidation sites excluding steroid dienone is 1. The van der Waals surface area contributed by atoms with Gasteiger partial charge >= 0.3 is 0 Å². The molecule has 0 radical (unpaired) electrons. The van der Waals surface area contributed by atoms with E-state index in [2.05, 4.69) is 56.3 Å². The van der Waals surface area contributed by atoms with E-state index in [1.54, 1.807) is 0 Å². The molecule has 1 saturated heterocycles. The molecule has 7 rings (SSSR count). The Bertz CT molecular complexity index is 1280. The summed E-state index contributed by atoms with van der Waals surface area (Å²) in [5.74, 6) is 1.43. The van der Waals surface area contributed by atoms with Crippen LogP contribution in [0.4, 0.5) is 0 Å². The number of fused-ring (bicyclic) bond motifs is 1. The number of ether oxygens (including phenoxy) is 5. The van der Waals surface area contributed by atoms with Crippen molar-refractivity contribution in [3.05, 3.63) is 119 Å². The minimum Gasteiger partial charge on any atom is -0.374 e. The van der Waals surface area contributed by atoms with Crippen molar-refractivity contribution in [3.8, 4) is 0 Å². The topological polar surface area (TPSA) is 46.2 Å². The van der Waals surface area contributed by atoms with Gasteiger partial charge in [0, 0.05) is 6.42 Å². The van der Waals surface area contributed by atoms with Crippen molar-refractivity contribution in [2.75, 3.05) is 13.2 Å². The third-order valence-corrected chi connectivity index (χ3v) is 9.42. The Kier molecular flexibility index (Phi) is 9.53. The zero-order valence-corrected chi connectivity index (χ0v) is 24.9. The van der Waals surface area contributed by atoms with Gasteiger partial charge < -0.3 is 23.7 Å². The van der Waals surface area contributed by atoms with Crippen molar-refractivity contribution in [2.45, 2.75) is 77.5 Å². The smallest absolute Gasteiger partial charge is 0.161 e. The highest BCUT2D eigenvalue weighted by atomic mass is 16.7. The van der Waals surface area contributed by atoms with Gasteiger partial charge in [-0.3, -0.25) is 0 Å². The van der Waals surface area contributed by atoms with Gasteiger partial charge in [-0.2, -0.15) is 0 Å². The molecular formula is C37H44O5. The molecule has 5 nitrogen and oxygen atoms in total. The summed E-state index contributed by atoms with van der Waals surface area (Å²) in [5, 5.41) is 0. The fourth-order valence-corrected chi connectivity index (χ4v) is 6.58. The Morgan fingerprint density at radius 2 is 1.29 bits per heavy atom. The first-order chi connectivity index (χ1) is 20.5. The van der Waals surface area contributed by atoms with Crippen LogP contribution in [0.2, 0.25) is 0 Å². The van der Waals surface area contributed by atoms with Crippen molar-refractivity contribution < 1.29 is 23.7 Å². The molecule has 1 saturated carbocycles. The maximum atomic E-state index is 6.60. The van der Waals surface area contributed by atoms with Gasteiger partial charge in [-0.25, -0.2) is 0 Å². The average Bonchev–Trinajstić information content (AvgIpc) is 3.03. The van der Waals surface area contributed by atoms with E-state index in [0.29, 0.717) is 50.8 Å². The minimum absolute atomic E-state index is 0.203. The molecule has 2 fully saturated rings. The molecule has 4 aliphatic rings. The average molecular weight is 569 g/mol. The Hall–Kier alpha value is -2.80. The fourth-order valence-electron chi connectivity index (χ4n) is 6.58. The molecule has 0 spiro atoms. The maximum absolute atomic E-state index is 6.60. The Morgan fingerprint density at radius 3 is 1.86 bits per heavy atom. The predicted molar refractivity (Wildman–Crippen MR) is 163 cm³/mol. The maximum Gasteiger partial charge on any atom is 0.161 e. The van der Waals surface area contributed by atoms with Gasteiger partial charge in [0.1, 0.15) is 12.2 Å². The van der Waals surface area contributed by atoms with Crippen LogP contribution >= 0.6 is 0 Å². The lowest BCUT2D eigenvalue weighted by Crippen LogP contribution is -2.53. The highest BCUT2D eigenvalue weighted by molar-refractivity contribution is 5.21. The van der Waals surface area contributed by atoms with Gasteiger partial charge in [0.15, 0.2) is 6.29 Å². The van der Waals surface area contributed by atoms with Crippen LogP contribution < -0.4 is 0 Å². The summed E-state index contributed by atoms with van der Waals surface area (Å²) in [5.41, 5.74) is 5.21. The third-order valence-electron chi connectivity index (χ3n) is 9.42. The Morgan fingerprint density at radius 1 is 0.690 bits per heavy atom. The van der Waals surface area contributed by atoms with Crippen LogP contribution in [0.3, 0.4) is 0 Å². The molecule has 0 N–H and O–H groups in total. The lowest BCUT2D eigenvalue weighted by atomic mass is 9.50. The van der Waals surface area contributed by atoms with Crippen LogP contribution in [-0.2, 0) is 43.5 Å². The number of benzene rings is 3. The van der Waals surface area contributed by atoms with E-state index in [1.165, 1.54) is 12.0 Å². The molecule has 3 aliphatic carbocycles. The molecule has 3 aromatic carbocycles. The second kappa shape index (κ2) is 13.7. The molecule has 1 heterocycles. The number of hydrogen-bond donors (Lipinski definition) is 0. The van der Waals surface area contributed by atoms with Crippen LogP contribution in [-0.4, -0.2) is 37.8 Å². The number of hydrogen-bond acceptors (Lipinski definition) is 5. The van der Waals surface area contributed by atoms with Crippen LogP contribution in [0.5, 0.6) is 0 Å². The zero-order valence-electron chi connectivity index (χ0n) is 24.9. The molecule has 0 amide bonds. The van der Waals surface area contributed by atoms with Crippen LogP contribution in [0.25, 0.3) is 0 Å². The quantitative estimate of drug-likeness (QED) is 0.200. The van der Waals surface area contributed by atoms with Crippen molar-refractivity contribution in [2.24, 2.45) is 17.3 Å². The summed E-state index contributed by atoms with van der Waals surface area (Å²) in [6, 6.07) is 30.8. The minimum atomic E-state index is -0.389. The van der Waals surface area contributed by atoms with E-state index in [9.17, 15) is 0 Å². The Labute approximate surface area is 250 Å². The molecule has 0 aromatic heterocycles. The van der Waals surface area contributed by atoms with Crippen molar-refractivity contribution >= 4 is 0 Å². The first kappa shape index (κ1) is 29.3. The second-order valence-electron chi connectivity index (χ2n) is 12.6. The van der Waals surface area contributed by atoms with E-state index in [-0.39, 0.29) is 24.6 Å². The summed E-state index contributed by atoms with van der Waals surface area (Å²) < 4.78 is 32.4. The molecule has 42 heavy (non-hydrogen) atoms. The molecule has 6 atom stereocenters. The van der Waals surface area contributed by atoms with Gasteiger partial charge in [-0.05, 0) is 52.4 Å². The lowest BCUT2D eigenvalue weighted by molar-refractivity contribution is -0.276. The largest absolute Gasteiger partial charge is 0.374 e. The molecule has 1 aliphatic heterocycles. The highest BCUT2D eigenvalue weighted by Gasteiger charge is 2.49. The van der Waals surface area contributed by atoms with E-state index < -0.39 is 0 Å². The summed E-state index contributed by atoms with van der Waals surface area (Å²) in [6.07, 6.45) is 4.27. The summed E-state index contributed by atoms with van der Waals surface area (Å²) in [7, 11) is 0. The van der Waals surface area contributed by atoms with Gasteiger partial charge in [0.25, 0.3) is 0 Å². The van der Waals surface area contributed by atoms with Gasteiger partial charge in [-0.1, -0.05) is 111 Å². The van der Waals surface area contributed by atoms with E-state index in [4.69, 9.17) is 23.7 Å². The molecule has 3 aromatic rings. The second-order valence-corrected chi connectivity index (χ2v) is 12.6. The molecule has 5 heteroatoms. The van der Waals surface area contributed by atoms with E-state index in [1.807, 2.05) is 54.6 Å². The Balaban J connectivity index is 1.16. The first-order valence-corrected chi connectivity index (χ1v) is 15.4. The van der Waals surface area contributed by atoms with Crippen molar-refractivity contribution in [1.29, 1.82) is 0 Å². The monoisotopic (exact) mass is 568 g/mol. The lowest BCUT2D eigenvalue weighted by Gasteiger charge is -2.55. The summed E-state index contributed by atoms with van der Waals surface area (Å²) in [6.45, 7) is 7.28. The highest BCUT2D eigenvalue weighted by Crippen LogP contribution is 2.58. The van der Waals surface area contributed by atoms with Crippen LogP contribution in [0.1, 0.15) is 49.8 Å². The zero-order chi connectivity index (χ0) is 28.8. The molecular weight excluding hydrogens is 524 g/mol. The summed E-state index contributed by atoms with van der Waals surface area (Å²) >= 11 is 0. The van der Waals surface area contributed by atoms with Crippen molar-refractivity contribution in [3.63, 3.8) is 0 Å². The molecule has 0 unspecified atom stereocenters. The van der Waals surface area contributed by atoms with Crippen LogP contribution in [0, 0.1) is 17.3 Å². The third kappa shape index (κ3) is 7.21. The molecule has 2 bridgehead atoms. The van der Waals surface area contributed by atoms with Crippen molar-refractivity contribution in [1.82, 2.24) is 0 Å². The van der Waals surface area contributed by atoms with E-state index in [0.717, 1.165) is 29.0 Å². The molecule has 222 valence electrons.